The standard InChI is InChI=1S/C28H31N9O6S2/c1-28(2,3)43-27(41)33-20-11-19-15(12-29-20)10-16(44-19)13-31-22(38)18-4-5-21-30-14-17(25(40)37(18)21)32-23(39)24-34-35-26(45-24)36-6-8-42-9-7-36/h10-12,14,18H,4-9,13H2,1-3H3,(H,31,38)(H,32,39)(H,29,33,41)/t18-/m0/s1. The largest absolute Gasteiger partial charge is 0.444 e. The summed E-state index contributed by atoms with van der Waals surface area (Å²) in [5.41, 5.74) is -1.19. The minimum atomic E-state index is -0.771. The maximum Gasteiger partial charge on any atom is 0.413 e. The average molecular weight is 654 g/mol. The Labute approximate surface area is 265 Å². The molecule has 0 radical (unpaired) electrons. The Morgan fingerprint density at radius 2 is 1.87 bits per heavy atom. The van der Waals surface area contributed by atoms with E-state index in [0.29, 0.717) is 55.9 Å². The Bertz CT molecular complexity index is 1820. The molecule has 0 spiro atoms. The summed E-state index contributed by atoms with van der Waals surface area (Å²) < 4.78 is 12.8. The number of carbonyl (C=O) groups excluding carboxylic acids is 3. The summed E-state index contributed by atoms with van der Waals surface area (Å²) in [5, 5.41) is 17.8. The Balaban J connectivity index is 1.09. The van der Waals surface area contributed by atoms with E-state index in [1.165, 1.54) is 22.1 Å². The summed E-state index contributed by atoms with van der Waals surface area (Å²) >= 11 is 2.58. The molecule has 4 aromatic heterocycles. The van der Waals surface area contributed by atoms with E-state index in [2.05, 4.69) is 36.1 Å². The van der Waals surface area contributed by atoms with Crippen molar-refractivity contribution >= 4 is 67.3 Å². The Morgan fingerprint density at radius 3 is 2.64 bits per heavy atom. The summed E-state index contributed by atoms with van der Waals surface area (Å²) in [7, 11) is 0. The molecule has 17 heteroatoms. The lowest BCUT2D eigenvalue weighted by Crippen LogP contribution is -2.36. The number of anilines is 3. The number of hydrogen-bond donors (Lipinski definition) is 3. The molecular weight excluding hydrogens is 622 g/mol. The molecular formula is C28H31N9O6S2. The molecule has 15 nitrogen and oxygen atoms in total. The highest BCUT2D eigenvalue weighted by Gasteiger charge is 2.32. The minimum absolute atomic E-state index is 0.0422. The van der Waals surface area contributed by atoms with Crippen molar-refractivity contribution in [3.05, 3.63) is 50.6 Å². The quantitative estimate of drug-likeness (QED) is 0.267. The van der Waals surface area contributed by atoms with Crippen molar-refractivity contribution in [3.8, 4) is 0 Å². The number of carbonyl (C=O) groups is 3. The monoisotopic (exact) mass is 653 g/mol. The maximum absolute atomic E-state index is 13.4. The van der Waals surface area contributed by atoms with Gasteiger partial charge in [-0.15, -0.1) is 21.5 Å². The Morgan fingerprint density at radius 1 is 1.07 bits per heavy atom. The molecule has 0 unspecified atom stereocenters. The predicted octanol–water partition coefficient (Wildman–Crippen LogP) is 2.94. The average Bonchev–Trinajstić information content (AvgIpc) is 3.75. The van der Waals surface area contributed by atoms with Crippen molar-refractivity contribution in [1.82, 2.24) is 30.0 Å². The maximum atomic E-state index is 13.4. The highest BCUT2D eigenvalue weighted by Crippen LogP contribution is 2.28. The molecule has 2 aliphatic heterocycles. The van der Waals surface area contributed by atoms with Crippen LogP contribution in [0.1, 0.15) is 53.7 Å². The van der Waals surface area contributed by atoms with Crippen LogP contribution in [0, 0.1) is 0 Å². The molecule has 1 fully saturated rings. The van der Waals surface area contributed by atoms with Crippen molar-refractivity contribution in [2.75, 3.05) is 41.8 Å². The van der Waals surface area contributed by atoms with Crippen LogP contribution in [0.15, 0.2) is 29.3 Å². The van der Waals surface area contributed by atoms with Gasteiger partial charge in [-0.2, -0.15) is 0 Å². The number of rotatable bonds is 7. The summed E-state index contributed by atoms with van der Waals surface area (Å²) in [4.78, 5) is 63.1. The van der Waals surface area contributed by atoms with Gasteiger partial charge in [0.1, 0.15) is 29.0 Å². The third-order valence-electron chi connectivity index (χ3n) is 6.98. The second kappa shape index (κ2) is 12.5. The lowest BCUT2D eigenvalue weighted by molar-refractivity contribution is -0.124. The zero-order valence-electron chi connectivity index (χ0n) is 24.8. The molecule has 45 heavy (non-hydrogen) atoms. The van der Waals surface area contributed by atoms with Gasteiger partial charge >= 0.3 is 6.09 Å². The lowest BCUT2D eigenvalue weighted by Gasteiger charge is -2.25. The molecule has 2 aliphatic rings. The van der Waals surface area contributed by atoms with Crippen molar-refractivity contribution in [3.63, 3.8) is 0 Å². The smallest absolute Gasteiger partial charge is 0.413 e. The molecule has 6 heterocycles. The first kappa shape index (κ1) is 30.5. The first-order chi connectivity index (χ1) is 21.5. The van der Waals surface area contributed by atoms with E-state index in [9.17, 15) is 19.2 Å². The number of nitrogens with one attached hydrogen (secondary N) is 3. The number of fused-ring (bicyclic) bond motifs is 2. The number of morpholine rings is 1. The van der Waals surface area contributed by atoms with Gasteiger partial charge in [-0.1, -0.05) is 11.3 Å². The van der Waals surface area contributed by atoms with E-state index in [4.69, 9.17) is 9.47 Å². The van der Waals surface area contributed by atoms with Crippen molar-refractivity contribution < 1.29 is 23.9 Å². The zero-order chi connectivity index (χ0) is 31.7. The van der Waals surface area contributed by atoms with Gasteiger partial charge in [0.15, 0.2) is 0 Å². The van der Waals surface area contributed by atoms with Gasteiger partial charge in [-0.25, -0.2) is 14.8 Å². The summed E-state index contributed by atoms with van der Waals surface area (Å²) in [6.45, 7) is 8.03. The van der Waals surface area contributed by atoms with Crippen LogP contribution in [0.2, 0.25) is 0 Å². The van der Waals surface area contributed by atoms with Gasteiger partial charge in [-0.05, 0) is 39.3 Å². The molecule has 0 bridgehead atoms. The lowest BCUT2D eigenvalue weighted by atomic mass is 10.2. The topological polar surface area (TPSA) is 183 Å². The van der Waals surface area contributed by atoms with Gasteiger partial charge in [0.05, 0.1) is 26.0 Å². The molecule has 236 valence electrons. The fourth-order valence-corrected chi connectivity index (χ4v) is 6.75. The molecule has 0 aromatic carbocycles. The van der Waals surface area contributed by atoms with Crippen LogP contribution in [0.5, 0.6) is 0 Å². The van der Waals surface area contributed by atoms with E-state index in [-0.39, 0.29) is 23.1 Å². The minimum Gasteiger partial charge on any atom is -0.444 e. The highest BCUT2D eigenvalue weighted by atomic mass is 32.1. The number of thiophene rings is 1. The number of pyridine rings is 1. The Hall–Kier alpha value is -4.48. The van der Waals surface area contributed by atoms with Crippen LogP contribution >= 0.6 is 22.7 Å². The van der Waals surface area contributed by atoms with E-state index in [1.54, 1.807) is 33.0 Å². The first-order valence-electron chi connectivity index (χ1n) is 14.3. The summed E-state index contributed by atoms with van der Waals surface area (Å²) in [5.74, 6) is -0.0748. The van der Waals surface area contributed by atoms with Crippen LogP contribution in [0.3, 0.4) is 0 Å². The molecule has 6 rings (SSSR count). The fraction of sp³-hybridized carbons (Fsp3) is 0.429. The van der Waals surface area contributed by atoms with E-state index >= 15 is 0 Å². The molecule has 1 saturated heterocycles. The SMILES string of the molecule is CC(C)(C)OC(=O)Nc1cc2sc(CNC(=O)[C@@H]3CCc4ncc(NC(=O)c5nnc(N6CCOCC6)s5)c(=O)n43)cc2cn1. The molecule has 3 amide bonds. The Kier molecular flexibility index (Phi) is 8.48. The molecule has 0 saturated carbocycles. The number of nitrogens with zero attached hydrogens (tertiary/aromatic N) is 6. The van der Waals surface area contributed by atoms with Gasteiger partial charge in [-0.3, -0.25) is 24.3 Å². The number of amides is 3. The van der Waals surface area contributed by atoms with Crippen molar-refractivity contribution in [2.45, 2.75) is 51.8 Å². The second-order valence-corrected chi connectivity index (χ2v) is 13.6. The number of ether oxygens (including phenoxy) is 2. The number of aromatic nitrogens is 5. The highest BCUT2D eigenvalue weighted by molar-refractivity contribution is 7.19. The number of hydrogen-bond acceptors (Lipinski definition) is 13. The van der Waals surface area contributed by atoms with Gasteiger partial charge in [0, 0.05) is 40.7 Å². The predicted molar refractivity (Wildman–Crippen MR) is 168 cm³/mol. The fourth-order valence-electron chi connectivity index (χ4n) is 4.95. The summed E-state index contributed by atoms with van der Waals surface area (Å²) in [6, 6.07) is 2.88. The third kappa shape index (κ3) is 6.94. The first-order valence-corrected chi connectivity index (χ1v) is 15.9. The summed E-state index contributed by atoms with van der Waals surface area (Å²) in [6.07, 6.45) is 3.21. The van der Waals surface area contributed by atoms with Crippen LogP contribution in [0.4, 0.5) is 21.4 Å². The van der Waals surface area contributed by atoms with E-state index in [0.717, 1.165) is 26.3 Å². The normalized spacial score (nSPS) is 16.3. The van der Waals surface area contributed by atoms with Crippen molar-refractivity contribution in [1.29, 1.82) is 0 Å². The van der Waals surface area contributed by atoms with Crippen LogP contribution in [-0.4, -0.2) is 74.5 Å². The van der Waals surface area contributed by atoms with E-state index in [1.807, 2.05) is 11.0 Å². The molecule has 3 N–H and O–H groups in total. The van der Waals surface area contributed by atoms with Crippen LogP contribution < -0.4 is 26.4 Å². The van der Waals surface area contributed by atoms with Crippen LogP contribution in [-0.2, 0) is 27.2 Å². The second-order valence-electron chi connectivity index (χ2n) is 11.4. The van der Waals surface area contributed by atoms with Crippen LogP contribution in [0.25, 0.3) is 10.1 Å². The van der Waals surface area contributed by atoms with E-state index < -0.39 is 29.2 Å². The number of aryl methyl sites for hydroxylation is 1. The molecule has 1 atom stereocenters. The third-order valence-corrected chi connectivity index (χ3v) is 9.06. The van der Waals surface area contributed by atoms with Gasteiger partial charge < -0.3 is 25.0 Å². The van der Waals surface area contributed by atoms with Crippen molar-refractivity contribution in [2.24, 2.45) is 0 Å². The van der Waals surface area contributed by atoms with Gasteiger partial charge in [0.2, 0.25) is 16.0 Å². The van der Waals surface area contributed by atoms with Gasteiger partial charge in [0.25, 0.3) is 11.5 Å². The molecule has 0 aliphatic carbocycles. The zero-order valence-corrected chi connectivity index (χ0v) is 26.4. The molecule has 4 aromatic rings.